The van der Waals surface area contributed by atoms with Crippen molar-refractivity contribution in [2.24, 2.45) is 0 Å². The summed E-state index contributed by atoms with van der Waals surface area (Å²) in [5.74, 6) is -0.995. The minimum Gasteiger partial charge on any atom is -0.407 e. The van der Waals surface area contributed by atoms with Crippen molar-refractivity contribution < 1.29 is 18.9 Å². The number of hydrogen-bond donors (Lipinski definition) is 1. The number of rotatable bonds is 7. The number of para-hydroxylation sites is 1. The van der Waals surface area contributed by atoms with Crippen LogP contribution in [0.1, 0.15) is 42.5 Å². The molecule has 33 heavy (non-hydrogen) atoms. The average molecular weight is 452 g/mol. The van der Waals surface area contributed by atoms with Gasteiger partial charge in [-0.15, -0.1) is 0 Å². The number of piperidine rings is 1. The van der Waals surface area contributed by atoms with Crippen LogP contribution in [0.2, 0.25) is 0 Å². The summed E-state index contributed by atoms with van der Waals surface area (Å²) in [6, 6.07) is 10.9. The number of nitro groups is 1. The standard InChI is InChI=1S/C23H24N4O6/c28-21(24-18-8-3-2-7-17(18)22(29)25-12-4-1-5-13-25)9-6-14-26-19-11-10-16(27(31)32)15-20(19)33-23(26)30/h2-3,7-8,10-11,15H,1,4-6,9,12-14H2,(H,24,28). The third kappa shape index (κ3) is 4.94. The van der Waals surface area contributed by atoms with Gasteiger partial charge >= 0.3 is 5.76 Å². The molecule has 1 aromatic heterocycles. The first kappa shape index (κ1) is 22.3. The summed E-state index contributed by atoms with van der Waals surface area (Å²) in [5.41, 5.74) is 1.33. The maximum absolute atomic E-state index is 12.9. The number of carbonyl (C=O) groups is 2. The molecule has 10 nitrogen and oxygen atoms in total. The first-order chi connectivity index (χ1) is 15.9. The van der Waals surface area contributed by atoms with Crippen molar-refractivity contribution in [3.05, 3.63) is 68.7 Å². The highest BCUT2D eigenvalue weighted by atomic mass is 16.6. The predicted molar refractivity (Wildman–Crippen MR) is 121 cm³/mol. The second kappa shape index (κ2) is 9.68. The fraction of sp³-hybridized carbons (Fsp3) is 0.348. The van der Waals surface area contributed by atoms with Crippen LogP contribution < -0.4 is 11.1 Å². The van der Waals surface area contributed by atoms with E-state index >= 15 is 0 Å². The fourth-order valence-corrected chi connectivity index (χ4v) is 4.04. The monoisotopic (exact) mass is 452 g/mol. The number of amides is 2. The molecule has 2 amide bonds. The Labute approximate surface area is 188 Å². The highest BCUT2D eigenvalue weighted by Crippen LogP contribution is 2.22. The van der Waals surface area contributed by atoms with Gasteiger partial charge in [-0.05, 0) is 43.9 Å². The number of likely N-dealkylation sites (tertiary alicyclic amines) is 1. The lowest BCUT2D eigenvalue weighted by Crippen LogP contribution is -2.36. The van der Waals surface area contributed by atoms with Gasteiger partial charge in [0.15, 0.2) is 5.58 Å². The van der Waals surface area contributed by atoms with Gasteiger partial charge in [0.05, 0.1) is 27.8 Å². The topological polar surface area (TPSA) is 128 Å². The number of nitrogens with one attached hydrogen (secondary N) is 1. The third-order valence-electron chi connectivity index (χ3n) is 5.72. The number of benzene rings is 2. The molecule has 1 aliphatic rings. The zero-order valence-corrected chi connectivity index (χ0v) is 18.0. The molecule has 0 aliphatic carbocycles. The molecule has 10 heteroatoms. The summed E-state index contributed by atoms with van der Waals surface area (Å²) in [6.45, 7) is 1.65. The molecule has 0 atom stereocenters. The van der Waals surface area contributed by atoms with Crippen molar-refractivity contribution in [2.75, 3.05) is 18.4 Å². The summed E-state index contributed by atoms with van der Waals surface area (Å²) in [5, 5.41) is 13.7. The number of hydrogen-bond acceptors (Lipinski definition) is 6. The first-order valence-electron chi connectivity index (χ1n) is 10.9. The van der Waals surface area contributed by atoms with E-state index in [4.69, 9.17) is 4.42 Å². The van der Waals surface area contributed by atoms with Crippen LogP contribution in [0.5, 0.6) is 0 Å². The second-order valence-corrected chi connectivity index (χ2v) is 7.98. The van der Waals surface area contributed by atoms with Gasteiger partial charge in [0, 0.05) is 32.1 Å². The molecule has 1 aliphatic heterocycles. The molecule has 1 fully saturated rings. The summed E-state index contributed by atoms with van der Waals surface area (Å²) in [4.78, 5) is 49.7. The second-order valence-electron chi connectivity index (χ2n) is 7.98. The third-order valence-corrected chi connectivity index (χ3v) is 5.72. The van der Waals surface area contributed by atoms with Gasteiger partial charge in [0.2, 0.25) is 5.91 Å². The summed E-state index contributed by atoms with van der Waals surface area (Å²) in [7, 11) is 0. The van der Waals surface area contributed by atoms with Crippen LogP contribution in [0.25, 0.3) is 11.1 Å². The molecule has 1 N–H and O–H groups in total. The Bertz CT molecular complexity index is 1260. The molecule has 172 valence electrons. The molecular formula is C23H24N4O6. The predicted octanol–water partition coefficient (Wildman–Crippen LogP) is 3.55. The molecule has 0 unspecified atom stereocenters. The zero-order chi connectivity index (χ0) is 23.4. The van der Waals surface area contributed by atoms with E-state index in [1.807, 2.05) is 4.90 Å². The lowest BCUT2D eigenvalue weighted by atomic mass is 10.1. The number of oxazole rings is 1. The first-order valence-corrected chi connectivity index (χ1v) is 10.9. The number of anilines is 1. The normalized spacial score (nSPS) is 13.8. The maximum atomic E-state index is 12.9. The van der Waals surface area contributed by atoms with Gasteiger partial charge in [-0.2, -0.15) is 0 Å². The molecule has 1 saturated heterocycles. The molecule has 0 spiro atoms. The Morgan fingerprint density at radius 1 is 1.09 bits per heavy atom. The van der Waals surface area contributed by atoms with Crippen LogP contribution in [-0.2, 0) is 11.3 Å². The number of non-ortho nitro benzene ring substituents is 1. The van der Waals surface area contributed by atoms with Crippen molar-refractivity contribution in [2.45, 2.75) is 38.6 Å². The van der Waals surface area contributed by atoms with Crippen LogP contribution in [-0.4, -0.2) is 39.3 Å². The Morgan fingerprint density at radius 2 is 1.85 bits per heavy atom. The van der Waals surface area contributed by atoms with Crippen molar-refractivity contribution >= 4 is 34.3 Å². The molecule has 0 bridgehead atoms. The van der Waals surface area contributed by atoms with Crippen LogP contribution in [0, 0.1) is 10.1 Å². The number of aromatic nitrogens is 1. The van der Waals surface area contributed by atoms with E-state index in [1.54, 1.807) is 24.3 Å². The Hall–Kier alpha value is -3.95. The number of carbonyl (C=O) groups excluding carboxylic acids is 2. The molecule has 2 heterocycles. The van der Waals surface area contributed by atoms with Gasteiger partial charge in [0.25, 0.3) is 11.6 Å². The van der Waals surface area contributed by atoms with E-state index in [0.29, 0.717) is 23.2 Å². The minimum atomic E-state index is -0.636. The highest BCUT2D eigenvalue weighted by Gasteiger charge is 2.21. The lowest BCUT2D eigenvalue weighted by molar-refractivity contribution is -0.384. The number of nitrogens with zero attached hydrogens (tertiary/aromatic N) is 3. The van der Waals surface area contributed by atoms with Crippen molar-refractivity contribution in [1.29, 1.82) is 0 Å². The van der Waals surface area contributed by atoms with Crippen molar-refractivity contribution in [3.63, 3.8) is 0 Å². The van der Waals surface area contributed by atoms with Gasteiger partial charge in [-0.1, -0.05) is 12.1 Å². The number of nitro benzene ring substituents is 1. The fourth-order valence-electron chi connectivity index (χ4n) is 4.04. The van der Waals surface area contributed by atoms with Gasteiger partial charge < -0.3 is 14.6 Å². The van der Waals surface area contributed by atoms with E-state index in [1.165, 1.54) is 22.8 Å². The molecule has 2 aromatic carbocycles. The molecule has 4 rings (SSSR count). The van der Waals surface area contributed by atoms with Gasteiger partial charge in [-0.3, -0.25) is 24.3 Å². The molecule has 0 radical (unpaired) electrons. The smallest absolute Gasteiger partial charge is 0.407 e. The Morgan fingerprint density at radius 3 is 2.61 bits per heavy atom. The lowest BCUT2D eigenvalue weighted by Gasteiger charge is -2.27. The summed E-state index contributed by atoms with van der Waals surface area (Å²) >= 11 is 0. The van der Waals surface area contributed by atoms with E-state index in [9.17, 15) is 24.5 Å². The Kier molecular flexibility index (Phi) is 6.53. The zero-order valence-electron chi connectivity index (χ0n) is 18.0. The highest BCUT2D eigenvalue weighted by molar-refractivity contribution is 6.03. The van der Waals surface area contributed by atoms with Crippen LogP contribution >= 0.6 is 0 Å². The van der Waals surface area contributed by atoms with Crippen LogP contribution in [0.3, 0.4) is 0 Å². The van der Waals surface area contributed by atoms with E-state index < -0.39 is 10.7 Å². The van der Waals surface area contributed by atoms with Crippen molar-refractivity contribution in [1.82, 2.24) is 9.47 Å². The van der Waals surface area contributed by atoms with Gasteiger partial charge in [-0.25, -0.2) is 4.79 Å². The number of fused-ring (bicyclic) bond motifs is 1. The number of aryl methyl sites for hydroxylation is 1. The summed E-state index contributed by atoms with van der Waals surface area (Å²) in [6.07, 6.45) is 3.55. The van der Waals surface area contributed by atoms with Gasteiger partial charge in [0.1, 0.15) is 0 Å². The van der Waals surface area contributed by atoms with Crippen LogP contribution in [0.4, 0.5) is 11.4 Å². The van der Waals surface area contributed by atoms with Crippen molar-refractivity contribution in [3.8, 4) is 0 Å². The largest absolute Gasteiger partial charge is 0.419 e. The molecule has 0 saturated carbocycles. The average Bonchev–Trinajstić information content (AvgIpc) is 3.13. The summed E-state index contributed by atoms with van der Waals surface area (Å²) < 4.78 is 6.45. The quantitative estimate of drug-likeness (QED) is 0.431. The molecular weight excluding hydrogens is 428 g/mol. The van der Waals surface area contributed by atoms with E-state index in [-0.39, 0.29) is 36.1 Å². The van der Waals surface area contributed by atoms with Crippen LogP contribution in [0.15, 0.2) is 51.7 Å². The maximum Gasteiger partial charge on any atom is 0.419 e. The van der Waals surface area contributed by atoms with E-state index in [2.05, 4.69) is 5.32 Å². The molecule has 3 aromatic rings. The SMILES string of the molecule is O=C(CCCn1c(=O)oc2cc([N+](=O)[O-])ccc21)Nc1ccccc1C(=O)N1CCCCC1. The van der Waals surface area contributed by atoms with E-state index in [0.717, 1.165) is 32.4 Å². The minimum absolute atomic E-state index is 0.0869. The Balaban J connectivity index is 1.39.